The number of ether oxygens (including phenoxy) is 1. The highest BCUT2D eigenvalue weighted by molar-refractivity contribution is 5.76. The topological polar surface area (TPSA) is 49.8 Å². The van der Waals surface area contributed by atoms with E-state index < -0.39 is 6.10 Å². The smallest absolute Gasteiger partial charge is 0.222 e. The van der Waals surface area contributed by atoms with Crippen molar-refractivity contribution in [3.8, 4) is 5.75 Å². The summed E-state index contributed by atoms with van der Waals surface area (Å²) in [6.07, 6.45) is -0.168. The monoisotopic (exact) mass is 265 g/mol. The van der Waals surface area contributed by atoms with Crippen LogP contribution in [0.15, 0.2) is 24.3 Å². The van der Waals surface area contributed by atoms with Crippen molar-refractivity contribution in [3.05, 3.63) is 29.8 Å². The first-order chi connectivity index (χ1) is 8.93. The summed E-state index contributed by atoms with van der Waals surface area (Å²) in [5, 5.41) is 10.1. The molecule has 0 aliphatic heterocycles. The molecule has 106 valence electrons. The number of nitrogens with zero attached hydrogens (tertiary/aromatic N) is 1. The van der Waals surface area contributed by atoms with Crippen LogP contribution in [-0.4, -0.2) is 36.6 Å². The van der Waals surface area contributed by atoms with Crippen molar-refractivity contribution in [2.24, 2.45) is 5.92 Å². The zero-order chi connectivity index (χ0) is 14.4. The van der Waals surface area contributed by atoms with Gasteiger partial charge in [-0.05, 0) is 23.6 Å². The van der Waals surface area contributed by atoms with Crippen molar-refractivity contribution in [1.29, 1.82) is 0 Å². The van der Waals surface area contributed by atoms with Crippen LogP contribution in [0.25, 0.3) is 0 Å². The summed E-state index contributed by atoms with van der Waals surface area (Å²) in [5.74, 6) is 1.14. The molecule has 0 radical (unpaired) electrons. The minimum Gasteiger partial charge on any atom is -0.497 e. The van der Waals surface area contributed by atoms with E-state index >= 15 is 0 Å². The van der Waals surface area contributed by atoms with Crippen LogP contribution in [-0.2, 0) is 4.79 Å². The molecule has 1 unspecified atom stereocenters. The number of aliphatic hydroxyl groups is 1. The van der Waals surface area contributed by atoms with E-state index in [0.717, 1.165) is 11.3 Å². The quantitative estimate of drug-likeness (QED) is 0.858. The van der Waals surface area contributed by atoms with Gasteiger partial charge in [0.1, 0.15) is 5.75 Å². The van der Waals surface area contributed by atoms with E-state index in [1.165, 1.54) is 0 Å². The fourth-order valence-electron chi connectivity index (χ4n) is 1.80. The molecule has 0 saturated carbocycles. The number of carbonyl (C=O) groups is 1. The Morgan fingerprint density at radius 2 is 1.89 bits per heavy atom. The first-order valence-corrected chi connectivity index (χ1v) is 6.50. The molecular formula is C15H23NO3. The molecular weight excluding hydrogens is 242 g/mol. The third kappa shape index (κ3) is 4.91. The van der Waals surface area contributed by atoms with E-state index in [1.54, 1.807) is 31.2 Å². The van der Waals surface area contributed by atoms with Gasteiger partial charge in [-0.1, -0.05) is 26.0 Å². The number of methoxy groups -OCH3 is 1. The molecule has 0 bridgehead atoms. The van der Waals surface area contributed by atoms with Crippen molar-refractivity contribution < 1.29 is 14.6 Å². The predicted molar refractivity (Wildman–Crippen MR) is 75.0 cm³/mol. The summed E-state index contributed by atoms with van der Waals surface area (Å²) < 4.78 is 5.07. The Balaban J connectivity index is 2.57. The largest absolute Gasteiger partial charge is 0.497 e. The van der Waals surface area contributed by atoms with Gasteiger partial charge in [0.2, 0.25) is 5.91 Å². The Kier molecular flexibility index (Phi) is 5.83. The molecule has 0 saturated heterocycles. The van der Waals surface area contributed by atoms with Crippen LogP contribution in [0.4, 0.5) is 0 Å². The van der Waals surface area contributed by atoms with Crippen LogP contribution >= 0.6 is 0 Å². The maximum Gasteiger partial charge on any atom is 0.222 e. The van der Waals surface area contributed by atoms with E-state index in [-0.39, 0.29) is 5.91 Å². The number of aliphatic hydroxyl groups excluding tert-OH is 1. The summed E-state index contributed by atoms with van der Waals surface area (Å²) >= 11 is 0. The second-order valence-corrected chi connectivity index (χ2v) is 5.16. The maximum atomic E-state index is 11.8. The van der Waals surface area contributed by atoms with Crippen molar-refractivity contribution in [1.82, 2.24) is 4.90 Å². The molecule has 1 N–H and O–H groups in total. The van der Waals surface area contributed by atoms with Crippen LogP contribution in [0.2, 0.25) is 0 Å². The van der Waals surface area contributed by atoms with E-state index in [0.29, 0.717) is 18.9 Å². The molecule has 1 aromatic rings. The first kappa shape index (κ1) is 15.5. The maximum absolute atomic E-state index is 11.8. The lowest BCUT2D eigenvalue weighted by molar-refractivity contribution is -0.132. The molecule has 4 nitrogen and oxygen atoms in total. The number of hydrogen-bond acceptors (Lipinski definition) is 3. The van der Waals surface area contributed by atoms with Crippen molar-refractivity contribution in [2.45, 2.75) is 26.4 Å². The molecule has 19 heavy (non-hydrogen) atoms. The second-order valence-electron chi connectivity index (χ2n) is 5.16. The molecule has 0 fully saturated rings. The number of likely N-dealkylation sites (N-methyl/N-ethyl adjacent to an activating group) is 1. The predicted octanol–water partition coefficient (Wildman–Crippen LogP) is 2.23. The lowest BCUT2D eigenvalue weighted by Gasteiger charge is -2.22. The molecule has 0 aromatic heterocycles. The van der Waals surface area contributed by atoms with Crippen LogP contribution in [0, 0.1) is 5.92 Å². The molecule has 4 heteroatoms. The van der Waals surface area contributed by atoms with Gasteiger partial charge in [-0.15, -0.1) is 0 Å². The van der Waals surface area contributed by atoms with Crippen LogP contribution < -0.4 is 4.74 Å². The van der Waals surface area contributed by atoms with Gasteiger partial charge in [0.05, 0.1) is 19.8 Å². The van der Waals surface area contributed by atoms with Gasteiger partial charge < -0.3 is 14.7 Å². The Morgan fingerprint density at radius 1 is 1.32 bits per heavy atom. The van der Waals surface area contributed by atoms with Crippen LogP contribution in [0.1, 0.15) is 31.9 Å². The highest BCUT2D eigenvalue weighted by Crippen LogP contribution is 2.18. The Morgan fingerprint density at radius 3 is 2.37 bits per heavy atom. The molecule has 0 aliphatic carbocycles. The van der Waals surface area contributed by atoms with Crippen molar-refractivity contribution in [3.63, 3.8) is 0 Å². The van der Waals surface area contributed by atoms with Crippen LogP contribution in [0.3, 0.4) is 0 Å². The van der Waals surface area contributed by atoms with Gasteiger partial charge in [-0.2, -0.15) is 0 Å². The lowest BCUT2D eigenvalue weighted by atomic mass is 10.1. The van der Waals surface area contributed by atoms with Gasteiger partial charge in [0, 0.05) is 13.5 Å². The summed E-state index contributed by atoms with van der Waals surface area (Å²) in [6, 6.07) is 7.22. The van der Waals surface area contributed by atoms with Crippen molar-refractivity contribution >= 4 is 5.91 Å². The zero-order valence-corrected chi connectivity index (χ0v) is 12.1. The molecule has 1 amide bonds. The Bertz CT molecular complexity index is 400. The average molecular weight is 265 g/mol. The van der Waals surface area contributed by atoms with Gasteiger partial charge in [-0.3, -0.25) is 4.79 Å². The number of rotatable bonds is 6. The fourth-order valence-corrected chi connectivity index (χ4v) is 1.80. The molecule has 1 rings (SSSR count). The number of hydrogen-bond donors (Lipinski definition) is 1. The summed E-state index contributed by atoms with van der Waals surface area (Å²) in [7, 11) is 3.32. The Labute approximate surface area is 115 Å². The summed E-state index contributed by atoms with van der Waals surface area (Å²) in [5.41, 5.74) is 0.782. The zero-order valence-electron chi connectivity index (χ0n) is 12.1. The molecule has 1 aromatic carbocycles. The van der Waals surface area contributed by atoms with Gasteiger partial charge in [-0.25, -0.2) is 0 Å². The standard InChI is InChI=1S/C15H23NO3/c1-11(2)9-15(18)16(3)10-14(17)12-5-7-13(19-4)8-6-12/h5-8,11,14,17H,9-10H2,1-4H3. The summed E-state index contributed by atoms with van der Waals surface area (Å²) in [4.78, 5) is 13.4. The van der Waals surface area contributed by atoms with E-state index in [9.17, 15) is 9.90 Å². The lowest BCUT2D eigenvalue weighted by Crippen LogP contribution is -2.31. The minimum atomic E-state index is -0.674. The van der Waals surface area contributed by atoms with Crippen LogP contribution in [0.5, 0.6) is 5.75 Å². The number of benzene rings is 1. The highest BCUT2D eigenvalue weighted by Gasteiger charge is 2.16. The first-order valence-electron chi connectivity index (χ1n) is 6.50. The van der Waals surface area contributed by atoms with Gasteiger partial charge >= 0.3 is 0 Å². The fraction of sp³-hybridized carbons (Fsp3) is 0.533. The minimum absolute atomic E-state index is 0.0579. The van der Waals surface area contributed by atoms with E-state index in [4.69, 9.17) is 4.74 Å². The highest BCUT2D eigenvalue weighted by atomic mass is 16.5. The normalized spacial score (nSPS) is 12.3. The molecule has 0 heterocycles. The van der Waals surface area contributed by atoms with Gasteiger partial charge in [0.15, 0.2) is 0 Å². The third-order valence-electron chi connectivity index (χ3n) is 2.96. The SMILES string of the molecule is COc1ccc(C(O)CN(C)C(=O)CC(C)C)cc1. The average Bonchev–Trinajstić information content (AvgIpc) is 2.37. The number of carbonyl (C=O) groups excluding carboxylic acids is 1. The molecule has 0 spiro atoms. The van der Waals surface area contributed by atoms with Crippen molar-refractivity contribution in [2.75, 3.05) is 20.7 Å². The van der Waals surface area contributed by atoms with E-state index in [1.807, 2.05) is 26.0 Å². The molecule has 0 aliphatic rings. The second kappa shape index (κ2) is 7.14. The van der Waals surface area contributed by atoms with Gasteiger partial charge in [0.25, 0.3) is 0 Å². The molecule has 1 atom stereocenters. The third-order valence-corrected chi connectivity index (χ3v) is 2.96. The van der Waals surface area contributed by atoms with E-state index in [2.05, 4.69) is 0 Å². The summed E-state index contributed by atoms with van der Waals surface area (Å²) in [6.45, 7) is 4.31. The Hall–Kier alpha value is -1.55. The number of amides is 1.